The van der Waals surface area contributed by atoms with Crippen molar-refractivity contribution in [3.8, 4) is 11.5 Å². The first-order valence-electron chi connectivity index (χ1n) is 13.9. The first-order chi connectivity index (χ1) is 18.4. The highest BCUT2D eigenvalue weighted by Crippen LogP contribution is 2.59. The van der Waals surface area contributed by atoms with Gasteiger partial charge >= 0.3 is 0 Å². The Labute approximate surface area is 230 Å². The van der Waals surface area contributed by atoms with Crippen molar-refractivity contribution in [2.75, 3.05) is 26.4 Å². The first-order valence-corrected chi connectivity index (χ1v) is 14.3. The molecule has 0 radical (unpaired) electrons. The molecule has 3 aliphatic carbocycles. The summed E-state index contributed by atoms with van der Waals surface area (Å²) in [6, 6.07) is 14.0. The monoisotopic (exact) mass is 535 g/mol. The molecule has 2 heterocycles. The molecule has 1 saturated carbocycles. The summed E-state index contributed by atoms with van der Waals surface area (Å²) >= 11 is 6.26. The van der Waals surface area contributed by atoms with Crippen LogP contribution in [0.5, 0.6) is 11.5 Å². The summed E-state index contributed by atoms with van der Waals surface area (Å²) in [7, 11) is 0. The zero-order valence-electron chi connectivity index (χ0n) is 22.3. The lowest BCUT2D eigenvalue weighted by Gasteiger charge is -2.56. The topological polar surface area (TPSA) is 62.8 Å². The number of likely N-dealkylation sites (tertiary alicyclic amines) is 1. The molecule has 0 unspecified atom stereocenters. The van der Waals surface area contributed by atoms with Crippen molar-refractivity contribution in [2.45, 2.75) is 58.2 Å². The van der Waals surface area contributed by atoms with Crippen LogP contribution in [0.2, 0.25) is 5.02 Å². The van der Waals surface area contributed by atoms with E-state index in [1.165, 1.54) is 12.8 Å². The summed E-state index contributed by atoms with van der Waals surface area (Å²) in [6.07, 6.45) is 6.56. The van der Waals surface area contributed by atoms with Gasteiger partial charge in [-0.15, -0.1) is 0 Å². The molecule has 0 spiro atoms. The normalized spacial score (nSPS) is 27.1. The summed E-state index contributed by atoms with van der Waals surface area (Å²) in [6.45, 7) is 8.18. The average Bonchev–Trinajstić information content (AvgIpc) is 3.54. The van der Waals surface area contributed by atoms with Crippen molar-refractivity contribution in [1.29, 1.82) is 0 Å². The number of hydrogen-bond donors (Lipinski definition) is 2. The van der Waals surface area contributed by atoms with Gasteiger partial charge < -0.3 is 20.1 Å². The maximum absolute atomic E-state index is 13.4. The van der Waals surface area contributed by atoms with Gasteiger partial charge in [-0.3, -0.25) is 9.69 Å². The lowest BCUT2D eigenvalue weighted by Crippen LogP contribution is -2.50. The van der Waals surface area contributed by atoms with E-state index < -0.39 is 0 Å². The zero-order chi connectivity index (χ0) is 26.3. The molecule has 7 rings (SSSR count). The number of rotatable bonds is 9. The SMILES string of the molecule is CC1(C)[C@H]2CC=C(CN[C@H]3C[C@@H](C(=O)NCCc4ccc5c(c4)OCO5)N(Cc4cccc(Cl)c4)C3)[C@@H]1C2. The highest BCUT2D eigenvalue weighted by Gasteiger charge is 2.51. The zero-order valence-corrected chi connectivity index (χ0v) is 23.1. The van der Waals surface area contributed by atoms with Crippen molar-refractivity contribution in [2.24, 2.45) is 17.3 Å². The predicted octanol–water partition coefficient (Wildman–Crippen LogP) is 4.95. The number of amides is 1. The quantitative estimate of drug-likeness (QED) is 0.445. The molecule has 2 aromatic carbocycles. The molecule has 2 aromatic rings. The molecule has 6 nitrogen and oxygen atoms in total. The molecule has 1 amide bonds. The van der Waals surface area contributed by atoms with E-state index in [1.807, 2.05) is 36.4 Å². The fourth-order valence-corrected chi connectivity index (χ4v) is 7.06. The first kappa shape index (κ1) is 25.7. The number of nitrogens with one attached hydrogen (secondary N) is 2. The number of ether oxygens (including phenoxy) is 2. The van der Waals surface area contributed by atoms with Gasteiger partial charge in [0.15, 0.2) is 11.5 Å². The van der Waals surface area contributed by atoms with Crippen LogP contribution in [0.4, 0.5) is 0 Å². The van der Waals surface area contributed by atoms with E-state index in [-0.39, 0.29) is 24.8 Å². The minimum absolute atomic E-state index is 0.0944. The summed E-state index contributed by atoms with van der Waals surface area (Å²) in [5.74, 6) is 3.20. The molecule has 5 aliphatic rings. The van der Waals surface area contributed by atoms with Crippen LogP contribution in [0.25, 0.3) is 0 Å². The van der Waals surface area contributed by atoms with Crippen LogP contribution in [0, 0.1) is 17.3 Å². The van der Waals surface area contributed by atoms with Crippen molar-refractivity contribution < 1.29 is 14.3 Å². The number of benzene rings is 2. The number of allylic oxidation sites excluding steroid dienone is 1. The van der Waals surface area contributed by atoms with Crippen LogP contribution >= 0.6 is 11.6 Å². The second-order valence-electron chi connectivity index (χ2n) is 11.9. The molecule has 202 valence electrons. The van der Waals surface area contributed by atoms with Crippen molar-refractivity contribution >= 4 is 17.5 Å². The minimum atomic E-state index is -0.173. The fraction of sp³-hybridized carbons (Fsp3) is 0.516. The molecule has 4 atom stereocenters. The van der Waals surface area contributed by atoms with E-state index in [0.717, 1.165) is 59.5 Å². The van der Waals surface area contributed by atoms with E-state index in [1.54, 1.807) is 5.57 Å². The minimum Gasteiger partial charge on any atom is -0.454 e. The average molecular weight is 536 g/mol. The third kappa shape index (κ3) is 5.18. The summed E-state index contributed by atoms with van der Waals surface area (Å²) < 4.78 is 10.9. The van der Waals surface area contributed by atoms with Crippen LogP contribution in [0.15, 0.2) is 54.1 Å². The Morgan fingerprint density at radius 1 is 1.11 bits per heavy atom. The second-order valence-corrected chi connectivity index (χ2v) is 12.4. The Hall–Kier alpha value is -2.54. The van der Waals surface area contributed by atoms with Gasteiger partial charge in [0.1, 0.15) is 0 Å². The number of carbonyl (C=O) groups excluding carboxylic acids is 1. The Bertz CT molecular complexity index is 1230. The fourth-order valence-electron chi connectivity index (χ4n) is 6.85. The van der Waals surface area contributed by atoms with Gasteiger partial charge in [-0.05, 0) is 78.3 Å². The molecular weight excluding hydrogens is 498 g/mol. The standard InChI is InChI=1S/C31H38ClN3O3/c1-31(2)23-8-7-22(26(31)14-23)16-34-25-15-27(35(18-25)17-21-4-3-5-24(32)12-21)30(36)33-11-10-20-6-9-28-29(13-20)38-19-37-28/h3-7,9,12-13,23,25-27,34H,8,10-11,14-19H2,1-2H3,(H,33,36)/t23-,25-,26-,27-/m0/s1. The van der Waals surface area contributed by atoms with Gasteiger partial charge in [0.25, 0.3) is 0 Å². The molecule has 2 bridgehead atoms. The van der Waals surface area contributed by atoms with E-state index in [0.29, 0.717) is 24.4 Å². The predicted molar refractivity (Wildman–Crippen MR) is 149 cm³/mol. The molecule has 1 saturated heterocycles. The maximum Gasteiger partial charge on any atom is 0.237 e. The van der Waals surface area contributed by atoms with E-state index >= 15 is 0 Å². The molecule has 2 fully saturated rings. The summed E-state index contributed by atoms with van der Waals surface area (Å²) in [4.78, 5) is 15.7. The van der Waals surface area contributed by atoms with Crippen LogP contribution in [-0.4, -0.2) is 49.3 Å². The molecule has 38 heavy (non-hydrogen) atoms. The second kappa shape index (κ2) is 10.6. The molecule has 7 heteroatoms. The number of hydrogen-bond acceptors (Lipinski definition) is 5. The van der Waals surface area contributed by atoms with Gasteiger partial charge in [0, 0.05) is 37.2 Å². The number of nitrogens with zero attached hydrogens (tertiary/aromatic N) is 1. The lowest BCUT2D eigenvalue weighted by molar-refractivity contribution is -0.125. The van der Waals surface area contributed by atoms with Gasteiger partial charge in [0.05, 0.1) is 6.04 Å². The van der Waals surface area contributed by atoms with Gasteiger partial charge in [-0.2, -0.15) is 0 Å². The Kier molecular flexibility index (Phi) is 7.14. The van der Waals surface area contributed by atoms with Crippen molar-refractivity contribution in [3.05, 3.63) is 70.3 Å². The Morgan fingerprint density at radius 3 is 2.79 bits per heavy atom. The van der Waals surface area contributed by atoms with Crippen LogP contribution in [0.1, 0.15) is 44.2 Å². The van der Waals surface area contributed by atoms with Crippen LogP contribution in [-0.2, 0) is 17.8 Å². The molecule has 2 aliphatic heterocycles. The van der Waals surface area contributed by atoms with Gasteiger partial charge in [-0.25, -0.2) is 0 Å². The number of fused-ring (bicyclic) bond motifs is 2. The van der Waals surface area contributed by atoms with E-state index in [4.69, 9.17) is 21.1 Å². The summed E-state index contributed by atoms with van der Waals surface area (Å²) in [5, 5.41) is 7.75. The third-order valence-corrected chi connectivity index (χ3v) is 9.54. The largest absolute Gasteiger partial charge is 0.454 e. The van der Waals surface area contributed by atoms with E-state index in [2.05, 4.69) is 41.5 Å². The van der Waals surface area contributed by atoms with Crippen LogP contribution < -0.4 is 20.1 Å². The summed E-state index contributed by atoms with van der Waals surface area (Å²) in [5.41, 5.74) is 4.25. The highest BCUT2D eigenvalue weighted by atomic mass is 35.5. The Balaban J connectivity index is 1.08. The number of carbonyl (C=O) groups is 1. The lowest BCUT2D eigenvalue weighted by atomic mass is 9.49. The number of halogens is 1. The van der Waals surface area contributed by atoms with Crippen molar-refractivity contribution in [1.82, 2.24) is 15.5 Å². The van der Waals surface area contributed by atoms with Crippen molar-refractivity contribution in [3.63, 3.8) is 0 Å². The Morgan fingerprint density at radius 2 is 1.97 bits per heavy atom. The van der Waals surface area contributed by atoms with Crippen LogP contribution in [0.3, 0.4) is 0 Å². The third-order valence-electron chi connectivity index (χ3n) is 9.31. The highest BCUT2D eigenvalue weighted by molar-refractivity contribution is 6.30. The van der Waals surface area contributed by atoms with Gasteiger partial charge in [-0.1, -0.05) is 55.3 Å². The molecule has 0 aromatic heterocycles. The van der Waals surface area contributed by atoms with Gasteiger partial charge in [0.2, 0.25) is 12.7 Å². The maximum atomic E-state index is 13.4. The smallest absolute Gasteiger partial charge is 0.237 e. The molecule has 2 N–H and O–H groups in total. The van der Waals surface area contributed by atoms with E-state index in [9.17, 15) is 4.79 Å². The molecular formula is C31H38ClN3O3.